The molecule has 2 atom stereocenters. The van der Waals surface area contributed by atoms with Crippen LogP contribution in [0.2, 0.25) is 0 Å². The molecule has 0 fully saturated rings. The van der Waals surface area contributed by atoms with E-state index in [1.165, 1.54) is 5.56 Å². The molecule has 0 saturated carbocycles. The van der Waals surface area contributed by atoms with Crippen molar-refractivity contribution in [2.24, 2.45) is 11.7 Å². The van der Waals surface area contributed by atoms with E-state index in [1.54, 1.807) is 0 Å². The van der Waals surface area contributed by atoms with Crippen molar-refractivity contribution in [2.75, 3.05) is 6.54 Å². The van der Waals surface area contributed by atoms with Crippen molar-refractivity contribution in [1.29, 1.82) is 0 Å². The SMILES string of the molecule is CCC(CC(=O)NC(C)(CN)C(C)C)c1ccccc1.Cl. The van der Waals surface area contributed by atoms with Gasteiger partial charge in [0.15, 0.2) is 0 Å². The second-order valence-corrected chi connectivity index (χ2v) is 6.04. The van der Waals surface area contributed by atoms with Crippen molar-refractivity contribution in [2.45, 2.75) is 52.0 Å². The minimum atomic E-state index is -0.327. The van der Waals surface area contributed by atoms with Crippen LogP contribution in [0.5, 0.6) is 0 Å². The van der Waals surface area contributed by atoms with Crippen LogP contribution < -0.4 is 11.1 Å². The van der Waals surface area contributed by atoms with Crippen LogP contribution in [0.1, 0.15) is 52.0 Å². The number of carbonyl (C=O) groups excluding carboxylic acids is 1. The van der Waals surface area contributed by atoms with Gasteiger partial charge in [-0.1, -0.05) is 51.1 Å². The molecule has 0 saturated heterocycles. The topological polar surface area (TPSA) is 55.1 Å². The molecule has 0 spiro atoms. The van der Waals surface area contributed by atoms with Gasteiger partial charge in [-0.05, 0) is 30.7 Å². The van der Waals surface area contributed by atoms with E-state index in [-0.39, 0.29) is 29.8 Å². The molecule has 2 unspecified atom stereocenters. The van der Waals surface area contributed by atoms with Crippen LogP contribution in [0.25, 0.3) is 0 Å². The lowest BCUT2D eigenvalue weighted by Gasteiger charge is -2.34. The Balaban J connectivity index is 0.00000400. The zero-order valence-electron chi connectivity index (χ0n) is 13.6. The van der Waals surface area contributed by atoms with Crippen molar-refractivity contribution < 1.29 is 4.79 Å². The average Bonchev–Trinajstić information content (AvgIpc) is 2.45. The molecule has 1 amide bonds. The van der Waals surface area contributed by atoms with Gasteiger partial charge in [0.2, 0.25) is 5.91 Å². The summed E-state index contributed by atoms with van der Waals surface area (Å²) in [6, 6.07) is 10.2. The molecule has 0 aromatic heterocycles. The molecule has 3 N–H and O–H groups in total. The third-order valence-electron chi connectivity index (χ3n) is 4.32. The summed E-state index contributed by atoms with van der Waals surface area (Å²) in [4.78, 5) is 12.3. The molecule has 0 aliphatic rings. The van der Waals surface area contributed by atoms with Gasteiger partial charge in [0.05, 0.1) is 5.54 Å². The number of benzene rings is 1. The Kier molecular flexibility index (Phi) is 8.60. The molecule has 3 nitrogen and oxygen atoms in total. The van der Waals surface area contributed by atoms with E-state index < -0.39 is 0 Å². The molecular formula is C17H29ClN2O. The van der Waals surface area contributed by atoms with Gasteiger partial charge in [-0.15, -0.1) is 12.4 Å². The summed E-state index contributed by atoms with van der Waals surface area (Å²) in [5.74, 6) is 0.668. The van der Waals surface area contributed by atoms with Crippen molar-refractivity contribution in [3.63, 3.8) is 0 Å². The molecule has 0 aliphatic carbocycles. The minimum absolute atomic E-state index is 0. The van der Waals surface area contributed by atoms with Crippen LogP contribution >= 0.6 is 12.4 Å². The molecule has 120 valence electrons. The van der Waals surface area contributed by atoms with Crippen LogP contribution in [0.15, 0.2) is 30.3 Å². The van der Waals surface area contributed by atoms with Gasteiger partial charge in [-0.2, -0.15) is 0 Å². The maximum Gasteiger partial charge on any atom is 0.221 e. The molecule has 1 rings (SSSR count). The zero-order chi connectivity index (χ0) is 15.2. The first-order chi connectivity index (χ1) is 9.42. The smallest absolute Gasteiger partial charge is 0.221 e. The van der Waals surface area contributed by atoms with Gasteiger partial charge in [0.25, 0.3) is 0 Å². The maximum atomic E-state index is 12.3. The summed E-state index contributed by atoms with van der Waals surface area (Å²) >= 11 is 0. The summed E-state index contributed by atoms with van der Waals surface area (Å²) in [5, 5.41) is 3.11. The van der Waals surface area contributed by atoms with E-state index in [2.05, 4.69) is 38.2 Å². The van der Waals surface area contributed by atoms with Crippen molar-refractivity contribution in [3.05, 3.63) is 35.9 Å². The van der Waals surface area contributed by atoms with Crippen LogP contribution in [0.4, 0.5) is 0 Å². The highest BCUT2D eigenvalue weighted by Gasteiger charge is 2.29. The largest absolute Gasteiger partial charge is 0.349 e. The Morgan fingerprint density at radius 2 is 1.86 bits per heavy atom. The summed E-state index contributed by atoms with van der Waals surface area (Å²) in [6.07, 6.45) is 1.47. The summed E-state index contributed by atoms with van der Waals surface area (Å²) in [6.45, 7) is 8.76. The predicted octanol–water partition coefficient (Wildman–Crippen LogP) is 3.48. The average molecular weight is 313 g/mol. The fraction of sp³-hybridized carbons (Fsp3) is 0.588. The first kappa shape index (κ1) is 19.9. The van der Waals surface area contributed by atoms with Crippen LogP contribution in [0.3, 0.4) is 0 Å². The van der Waals surface area contributed by atoms with Gasteiger partial charge < -0.3 is 11.1 Å². The fourth-order valence-electron chi connectivity index (χ4n) is 2.25. The molecule has 21 heavy (non-hydrogen) atoms. The number of nitrogens with one attached hydrogen (secondary N) is 1. The second kappa shape index (κ2) is 9.06. The summed E-state index contributed by atoms with van der Waals surface area (Å²) < 4.78 is 0. The molecule has 0 radical (unpaired) electrons. The van der Waals surface area contributed by atoms with Gasteiger partial charge in [-0.3, -0.25) is 4.79 Å². The highest BCUT2D eigenvalue weighted by atomic mass is 35.5. The third-order valence-corrected chi connectivity index (χ3v) is 4.32. The van der Waals surface area contributed by atoms with Gasteiger partial charge in [-0.25, -0.2) is 0 Å². The van der Waals surface area contributed by atoms with Crippen molar-refractivity contribution in [1.82, 2.24) is 5.32 Å². The lowest BCUT2D eigenvalue weighted by atomic mass is 9.87. The van der Waals surface area contributed by atoms with E-state index in [0.717, 1.165) is 6.42 Å². The van der Waals surface area contributed by atoms with E-state index in [0.29, 0.717) is 18.9 Å². The Morgan fingerprint density at radius 3 is 2.29 bits per heavy atom. The number of hydrogen-bond acceptors (Lipinski definition) is 2. The lowest BCUT2D eigenvalue weighted by Crippen LogP contribution is -2.55. The highest BCUT2D eigenvalue weighted by molar-refractivity contribution is 5.85. The van der Waals surface area contributed by atoms with E-state index >= 15 is 0 Å². The monoisotopic (exact) mass is 312 g/mol. The molecule has 4 heteroatoms. The number of halogens is 1. The first-order valence-electron chi connectivity index (χ1n) is 7.49. The molecule has 0 heterocycles. The molecule has 0 aliphatic heterocycles. The maximum absolute atomic E-state index is 12.3. The van der Waals surface area contributed by atoms with Crippen LogP contribution in [-0.2, 0) is 4.79 Å². The molecule has 1 aromatic rings. The number of carbonyl (C=O) groups is 1. The number of rotatable bonds is 7. The van der Waals surface area contributed by atoms with Gasteiger partial charge >= 0.3 is 0 Å². The summed E-state index contributed by atoms with van der Waals surface area (Å²) in [7, 11) is 0. The zero-order valence-corrected chi connectivity index (χ0v) is 14.4. The lowest BCUT2D eigenvalue weighted by molar-refractivity contribution is -0.123. The van der Waals surface area contributed by atoms with E-state index in [1.807, 2.05) is 25.1 Å². The Hall–Kier alpha value is -1.06. The minimum Gasteiger partial charge on any atom is -0.349 e. The number of nitrogens with two attached hydrogens (primary N) is 1. The fourth-order valence-corrected chi connectivity index (χ4v) is 2.25. The van der Waals surface area contributed by atoms with E-state index in [9.17, 15) is 4.79 Å². The van der Waals surface area contributed by atoms with Crippen molar-refractivity contribution >= 4 is 18.3 Å². The van der Waals surface area contributed by atoms with Gasteiger partial charge in [0.1, 0.15) is 0 Å². The normalized spacial score (nSPS) is 15.0. The quantitative estimate of drug-likeness (QED) is 0.810. The van der Waals surface area contributed by atoms with Crippen LogP contribution in [0, 0.1) is 5.92 Å². The van der Waals surface area contributed by atoms with Gasteiger partial charge in [0, 0.05) is 13.0 Å². The molecule has 1 aromatic carbocycles. The van der Waals surface area contributed by atoms with Crippen LogP contribution in [-0.4, -0.2) is 18.0 Å². The molecular weight excluding hydrogens is 284 g/mol. The summed E-state index contributed by atoms with van der Waals surface area (Å²) in [5.41, 5.74) is 6.71. The first-order valence-corrected chi connectivity index (χ1v) is 7.49. The Morgan fingerprint density at radius 1 is 1.29 bits per heavy atom. The standard InChI is InChI=1S/C17H28N2O.ClH/c1-5-14(15-9-7-6-8-10-15)11-16(20)19-17(4,12-18)13(2)3;/h6-10,13-14H,5,11-12,18H2,1-4H3,(H,19,20);1H. The molecule has 0 bridgehead atoms. The van der Waals surface area contributed by atoms with Crippen molar-refractivity contribution in [3.8, 4) is 0 Å². The Bertz CT molecular complexity index is 422. The highest BCUT2D eigenvalue weighted by Crippen LogP contribution is 2.24. The number of amides is 1. The third kappa shape index (κ3) is 5.68. The Labute approximate surface area is 135 Å². The van der Waals surface area contributed by atoms with E-state index in [4.69, 9.17) is 5.73 Å². The second-order valence-electron chi connectivity index (χ2n) is 6.04. The number of hydrogen-bond donors (Lipinski definition) is 2. The predicted molar refractivity (Wildman–Crippen MR) is 91.8 cm³/mol.